The van der Waals surface area contributed by atoms with Crippen LogP contribution in [0.25, 0.3) is 0 Å². The molecule has 0 unspecified atom stereocenters. The van der Waals surface area contributed by atoms with Crippen LogP contribution >= 0.6 is 34.8 Å². The molecule has 0 aliphatic carbocycles. The van der Waals surface area contributed by atoms with E-state index in [1.165, 1.54) is 12.1 Å². The third-order valence-corrected chi connectivity index (χ3v) is 4.34. The molecule has 0 aromatic heterocycles. The second-order valence-electron chi connectivity index (χ2n) is 5.79. The number of hydrogen-bond donors (Lipinski definition) is 0. The van der Waals surface area contributed by atoms with Crippen molar-refractivity contribution in [3.05, 3.63) is 27.2 Å². The molecule has 4 nitrogen and oxygen atoms in total. The minimum absolute atomic E-state index is 0.0962. The molecule has 0 radical (unpaired) electrons. The summed E-state index contributed by atoms with van der Waals surface area (Å²) in [5.74, 6) is 0.0326. The summed E-state index contributed by atoms with van der Waals surface area (Å²) >= 11 is 17.5. The van der Waals surface area contributed by atoms with Crippen molar-refractivity contribution in [1.82, 2.24) is 0 Å². The molecular weight excluding hydrogens is 375 g/mol. The van der Waals surface area contributed by atoms with E-state index in [1.54, 1.807) is 0 Å². The Morgan fingerprint density at radius 3 is 2.17 bits per heavy atom. The Balaban J connectivity index is 2.26. The normalized spacial score (nSPS) is 10.8. The van der Waals surface area contributed by atoms with Crippen molar-refractivity contribution in [2.45, 2.75) is 46.0 Å². The van der Waals surface area contributed by atoms with Gasteiger partial charge in [0.05, 0.1) is 21.7 Å². The van der Waals surface area contributed by atoms with E-state index in [0.29, 0.717) is 18.9 Å². The van der Waals surface area contributed by atoms with Gasteiger partial charge in [-0.05, 0) is 25.2 Å². The Kier molecular flexibility index (Phi) is 9.49. The van der Waals surface area contributed by atoms with Crippen LogP contribution in [0.4, 0.5) is 0 Å². The summed E-state index contributed by atoms with van der Waals surface area (Å²) in [7, 11) is 0. The number of carbonyl (C=O) groups excluding carboxylic acids is 2. The molecule has 1 aromatic rings. The number of rotatable bonds is 9. The van der Waals surface area contributed by atoms with Gasteiger partial charge in [0.1, 0.15) is 5.75 Å². The maximum atomic E-state index is 11.7. The lowest BCUT2D eigenvalue weighted by molar-refractivity contribution is -0.144. The van der Waals surface area contributed by atoms with Crippen molar-refractivity contribution in [2.24, 2.45) is 5.92 Å². The monoisotopic (exact) mass is 394 g/mol. The van der Waals surface area contributed by atoms with Crippen molar-refractivity contribution >= 4 is 46.7 Å². The molecular formula is C17H21Cl3O4. The van der Waals surface area contributed by atoms with Crippen LogP contribution in [0.1, 0.15) is 46.0 Å². The minimum atomic E-state index is -0.475. The van der Waals surface area contributed by atoms with E-state index >= 15 is 0 Å². The number of carbonyl (C=O) groups is 2. The predicted molar refractivity (Wildman–Crippen MR) is 96.0 cm³/mol. The van der Waals surface area contributed by atoms with Gasteiger partial charge in [0, 0.05) is 25.0 Å². The molecule has 0 saturated carbocycles. The molecule has 0 spiro atoms. The van der Waals surface area contributed by atoms with Gasteiger partial charge in [-0.25, -0.2) is 0 Å². The maximum Gasteiger partial charge on any atom is 0.311 e. The summed E-state index contributed by atoms with van der Waals surface area (Å²) in [5, 5.41) is 0.618. The molecule has 0 aliphatic rings. The number of ether oxygens (including phenoxy) is 2. The molecule has 0 saturated heterocycles. The molecule has 0 atom stereocenters. The van der Waals surface area contributed by atoms with E-state index in [-0.39, 0.29) is 39.6 Å². The highest BCUT2D eigenvalue weighted by molar-refractivity contribution is 6.48. The van der Waals surface area contributed by atoms with Gasteiger partial charge in [0.15, 0.2) is 0 Å². The van der Waals surface area contributed by atoms with E-state index in [0.717, 1.165) is 12.8 Å². The van der Waals surface area contributed by atoms with E-state index in [9.17, 15) is 9.59 Å². The summed E-state index contributed by atoms with van der Waals surface area (Å²) in [6, 6.07) is 2.83. The highest BCUT2D eigenvalue weighted by Crippen LogP contribution is 2.34. The highest BCUT2D eigenvalue weighted by Gasteiger charge is 2.11. The van der Waals surface area contributed by atoms with Gasteiger partial charge >= 0.3 is 11.9 Å². The quantitative estimate of drug-likeness (QED) is 0.233. The van der Waals surface area contributed by atoms with Gasteiger partial charge < -0.3 is 9.47 Å². The Labute approximate surface area is 157 Å². The van der Waals surface area contributed by atoms with Gasteiger partial charge in [0.25, 0.3) is 0 Å². The molecule has 0 amide bonds. The van der Waals surface area contributed by atoms with Gasteiger partial charge in [0.2, 0.25) is 0 Å². The minimum Gasteiger partial charge on any atom is -0.466 e. The average Bonchev–Trinajstić information content (AvgIpc) is 2.49. The van der Waals surface area contributed by atoms with Crippen molar-refractivity contribution in [3.63, 3.8) is 0 Å². The smallest absolute Gasteiger partial charge is 0.311 e. The second-order valence-corrected chi connectivity index (χ2v) is 6.98. The summed E-state index contributed by atoms with van der Waals surface area (Å²) in [5.41, 5.74) is 0. The molecule has 24 heavy (non-hydrogen) atoms. The van der Waals surface area contributed by atoms with Crippen molar-refractivity contribution in [2.75, 3.05) is 6.61 Å². The molecule has 0 aliphatic heterocycles. The zero-order valence-corrected chi connectivity index (χ0v) is 16.0. The molecule has 0 bridgehead atoms. The molecule has 1 aromatic carbocycles. The second kappa shape index (κ2) is 10.8. The summed E-state index contributed by atoms with van der Waals surface area (Å²) in [6.07, 6.45) is 2.50. The standard InChI is InChI=1S/C17H21Cl3O4/c1-11(2)5-4-8-23-15(21)6-3-7-16(22)24-12-9-13(18)17(20)14(19)10-12/h9-11H,3-8H2,1-2H3. The summed E-state index contributed by atoms with van der Waals surface area (Å²) < 4.78 is 10.2. The van der Waals surface area contributed by atoms with E-state index in [4.69, 9.17) is 44.3 Å². The zero-order valence-electron chi connectivity index (χ0n) is 13.7. The fourth-order valence-electron chi connectivity index (χ4n) is 1.90. The van der Waals surface area contributed by atoms with Crippen molar-refractivity contribution in [3.8, 4) is 5.75 Å². The Morgan fingerprint density at radius 2 is 1.58 bits per heavy atom. The SMILES string of the molecule is CC(C)CCCOC(=O)CCCC(=O)Oc1cc(Cl)c(Cl)c(Cl)c1. The fraction of sp³-hybridized carbons (Fsp3) is 0.529. The third-order valence-electron chi connectivity index (χ3n) is 3.14. The highest BCUT2D eigenvalue weighted by atomic mass is 35.5. The Hall–Kier alpha value is -0.970. The average molecular weight is 396 g/mol. The number of esters is 2. The number of hydrogen-bond acceptors (Lipinski definition) is 4. The van der Waals surface area contributed by atoms with Crippen LogP contribution in [0.15, 0.2) is 12.1 Å². The maximum absolute atomic E-state index is 11.7. The molecule has 0 N–H and O–H groups in total. The predicted octanol–water partition coefficient (Wildman–Crippen LogP) is 5.70. The van der Waals surface area contributed by atoms with E-state index in [2.05, 4.69) is 13.8 Å². The van der Waals surface area contributed by atoms with Crippen LogP contribution in [0.5, 0.6) is 5.75 Å². The first-order valence-corrected chi connectivity index (χ1v) is 8.93. The Bertz CT molecular complexity index is 550. The lowest BCUT2D eigenvalue weighted by Crippen LogP contribution is -2.10. The van der Waals surface area contributed by atoms with Crippen molar-refractivity contribution in [1.29, 1.82) is 0 Å². The first kappa shape index (κ1) is 21.1. The topological polar surface area (TPSA) is 52.6 Å². The van der Waals surface area contributed by atoms with Crippen LogP contribution in [0, 0.1) is 5.92 Å². The zero-order chi connectivity index (χ0) is 18.1. The van der Waals surface area contributed by atoms with Gasteiger partial charge in [-0.2, -0.15) is 0 Å². The molecule has 0 fully saturated rings. The van der Waals surface area contributed by atoms with Gasteiger partial charge in [-0.15, -0.1) is 0 Å². The molecule has 7 heteroatoms. The Morgan fingerprint density at radius 1 is 1.00 bits per heavy atom. The molecule has 134 valence electrons. The lowest BCUT2D eigenvalue weighted by Gasteiger charge is -2.08. The van der Waals surface area contributed by atoms with Gasteiger partial charge in [-0.1, -0.05) is 48.7 Å². The van der Waals surface area contributed by atoms with Crippen LogP contribution in [-0.2, 0) is 14.3 Å². The lowest BCUT2D eigenvalue weighted by atomic mass is 10.1. The van der Waals surface area contributed by atoms with E-state index < -0.39 is 5.97 Å². The van der Waals surface area contributed by atoms with Crippen LogP contribution < -0.4 is 4.74 Å². The van der Waals surface area contributed by atoms with Crippen LogP contribution in [0.2, 0.25) is 15.1 Å². The van der Waals surface area contributed by atoms with Gasteiger partial charge in [-0.3, -0.25) is 9.59 Å². The summed E-state index contributed by atoms with van der Waals surface area (Å²) in [6.45, 7) is 4.66. The fourth-order valence-corrected chi connectivity index (χ4v) is 2.48. The summed E-state index contributed by atoms with van der Waals surface area (Å²) in [4.78, 5) is 23.3. The molecule has 0 heterocycles. The van der Waals surface area contributed by atoms with Crippen LogP contribution in [-0.4, -0.2) is 18.5 Å². The first-order valence-electron chi connectivity index (χ1n) is 7.80. The third kappa shape index (κ3) is 8.22. The molecule has 1 rings (SSSR count). The van der Waals surface area contributed by atoms with Crippen molar-refractivity contribution < 1.29 is 19.1 Å². The van der Waals surface area contributed by atoms with E-state index in [1.807, 2.05) is 0 Å². The number of halogens is 3. The largest absolute Gasteiger partial charge is 0.466 e. The van der Waals surface area contributed by atoms with Crippen LogP contribution in [0.3, 0.4) is 0 Å². The number of benzene rings is 1. The first-order chi connectivity index (χ1) is 11.3.